The van der Waals surface area contributed by atoms with Gasteiger partial charge in [0.15, 0.2) is 0 Å². The lowest BCUT2D eigenvalue weighted by Crippen LogP contribution is -2.20. The molecule has 7 aromatic rings. The van der Waals surface area contributed by atoms with E-state index in [1.54, 1.807) is 29.6 Å². The summed E-state index contributed by atoms with van der Waals surface area (Å²) < 4.78 is 33.4. The Hall–Kier alpha value is -5.16. The van der Waals surface area contributed by atoms with E-state index in [9.17, 15) is 19.8 Å². The summed E-state index contributed by atoms with van der Waals surface area (Å²) >= 11 is 1.22. The Kier molecular flexibility index (Phi) is 5.19. The molecule has 5 heterocycles. The number of ether oxygens (including phenoxy) is 2. The molecule has 0 amide bonds. The highest BCUT2D eigenvalue weighted by atomic mass is 32.1. The summed E-state index contributed by atoms with van der Waals surface area (Å²) in [5.74, 6) is -1.78. The summed E-state index contributed by atoms with van der Waals surface area (Å²) in [4.78, 5) is 27.6. The number of furan rings is 2. The van der Waals surface area contributed by atoms with Crippen molar-refractivity contribution in [2.24, 2.45) is 0 Å². The van der Waals surface area contributed by atoms with Gasteiger partial charge in [0.2, 0.25) is 0 Å². The lowest BCUT2D eigenvalue weighted by atomic mass is 9.88. The summed E-state index contributed by atoms with van der Waals surface area (Å²) in [6.07, 6.45) is 2.89. The summed E-state index contributed by atoms with van der Waals surface area (Å²) in [5, 5.41) is 26.4. The molecule has 11 heteroatoms. The van der Waals surface area contributed by atoms with Gasteiger partial charge < -0.3 is 37.4 Å². The first-order valence-electron chi connectivity index (χ1n) is 11.9. The Balaban J connectivity index is 1.61. The molecule has 0 fully saturated rings. The normalized spacial score (nSPS) is 11.9. The van der Waals surface area contributed by atoms with E-state index in [-0.39, 0.29) is 44.6 Å². The van der Waals surface area contributed by atoms with E-state index in [2.05, 4.69) is 0 Å². The van der Waals surface area contributed by atoms with Crippen molar-refractivity contribution in [3.05, 3.63) is 91.1 Å². The fourth-order valence-corrected chi connectivity index (χ4v) is 6.16. The zero-order valence-corrected chi connectivity index (χ0v) is 21.7. The van der Waals surface area contributed by atoms with Crippen LogP contribution in [0.1, 0.15) is 21.9 Å². The van der Waals surface area contributed by atoms with Crippen LogP contribution in [0.4, 0.5) is 0 Å². The number of hydrogen-bond donors (Lipinski definition) is 2. The fourth-order valence-electron chi connectivity index (χ4n) is 5.32. The second kappa shape index (κ2) is 8.68. The van der Waals surface area contributed by atoms with Gasteiger partial charge in [-0.2, -0.15) is 0 Å². The van der Waals surface area contributed by atoms with Gasteiger partial charge in [-0.25, -0.2) is 9.59 Å². The van der Waals surface area contributed by atoms with Gasteiger partial charge in [-0.05, 0) is 23.6 Å². The molecule has 0 aliphatic carbocycles. The van der Waals surface area contributed by atoms with Crippen molar-refractivity contribution >= 4 is 55.2 Å². The first-order valence-corrected chi connectivity index (χ1v) is 12.8. The van der Waals surface area contributed by atoms with Crippen LogP contribution in [0.5, 0.6) is 23.0 Å². The highest BCUT2D eigenvalue weighted by Gasteiger charge is 2.35. The molecule has 0 bridgehead atoms. The lowest BCUT2D eigenvalue weighted by Gasteiger charge is -2.19. The molecule has 5 aromatic heterocycles. The van der Waals surface area contributed by atoms with E-state index in [0.29, 0.717) is 26.8 Å². The number of benzene rings is 2. The first kappa shape index (κ1) is 23.9. The summed E-state index contributed by atoms with van der Waals surface area (Å²) in [5.41, 5.74) is -1.58. The average molecular weight is 559 g/mol. The van der Waals surface area contributed by atoms with E-state index in [1.807, 2.05) is 0 Å². The molecule has 0 aliphatic heterocycles. The standard InChI is InChI=1S/C29H18O10S/c1-34-26-12-5-7-36-14(12)10-16-19(26)24(30)22(28(32)38-16)21(18-4-3-9-40-18)23-25(31)20-17(39-29(23)33)11-15-13(6-8-37-15)27(20)35-2/h3-11,21,30-31H,1-2H3. The molecule has 40 heavy (non-hydrogen) atoms. The van der Waals surface area contributed by atoms with Crippen LogP contribution in [0.3, 0.4) is 0 Å². The van der Waals surface area contributed by atoms with Gasteiger partial charge in [-0.3, -0.25) is 0 Å². The van der Waals surface area contributed by atoms with Crippen LogP contribution in [0.25, 0.3) is 43.9 Å². The van der Waals surface area contributed by atoms with E-state index >= 15 is 0 Å². The topological polar surface area (TPSA) is 146 Å². The van der Waals surface area contributed by atoms with Crippen LogP contribution in [-0.2, 0) is 0 Å². The highest BCUT2D eigenvalue weighted by molar-refractivity contribution is 7.10. The molecule has 2 N–H and O–H groups in total. The molecule has 7 rings (SSSR count). The Morgan fingerprint density at radius 3 is 1.68 bits per heavy atom. The lowest BCUT2D eigenvalue weighted by molar-refractivity contribution is 0.412. The predicted molar refractivity (Wildman–Crippen MR) is 146 cm³/mol. The van der Waals surface area contributed by atoms with Crippen molar-refractivity contribution in [2.45, 2.75) is 5.92 Å². The van der Waals surface area contributed by atoms with Gasteiger partial charge in [0, 0.05) is 17.0 Å². The molecular formula is C29H18O10S. The van der Waals surface area contributed by atoms with Crippen molar-refractivity contribution in [1.82, 2.24) is 0 Å². The second-order valence-electron chi connectivity index (χ2n) is 8.98. The molecule has 0 saturated carbocycles. The highest BCUT2D eigenvalue weighted by Crippen LogP contribution is 2.48. The number of methoxy groups -OCH3 is 2. The zero-order chi connectivity index (χ0) is 27.7. The summed E-state index contributed by atoms with van der Waals surface area (Å²) in [7, 11) is 2.82. The molecule has 0 atom stereocenters. The third-order valence-corrected chi connectivity index (χ3v) is 7.93. The maximum atomic E-state index is 13.5. The van der Waals surface area contributed by atoms with Crippen LogP contribution in [0, 0.1) is 0 Å². The van der Waals surface area contributed by atoms with Crippen LogP contribution in [0.2, 0.25) is 0 Å². The molecule has 2 aromatic carbocycles. The molecule has 0 radical (unpaired) electrons. The van der Waals surface area contributed by atoms with Gasteiger partial charge in [-0.15, -0.1) is 11.3 Å². The summed E-state index contributed by atoms with van der Waals surface area (Å²) in [6.45, 7) is 0. The maximum Gasteiger partial charge on any atom is 0.344 e. The number of aromatic hydroxyl groups is 2. The number of thiophene rings is 1. The van der Waals surface area contributed by atoms with Crippen LogP contribution in [0.15, 0.2) is 81.6 Å². The van der Waals surface area contributed by atoms with Gasteiger partial charge in [0.1, 0.15) is 56.1 Å². The molecule has 10 nitrogen and oxygen atoms in total. The third-order valence-electron chi connectivity index (χ3n) is 6.99. The molecular weight excluding hydrogens is 540 g/mol. The van der Waals surface area contributed by atoms with E-state index in [1.165, 1.54) is 50.2 Å². The van der Waals surface area contributed by atoms with Crippen molar-refractivity contribution in [3.8, 4) is 23.0 Å². The predicted octanol–water partition coefficient (Wildman–Crippen LogP) is 6.06. The van der Waals surface area contributed by atoms with Crippen molar-refractivity contribution in [2.75, 3.05) is 14.2 Å². The van der Waals surface area contributed by atoms with Crippen molar-refractivity contribution in [1.29, 1.82) is 0 Å². The zero-order valence-electron chi connectivity index (χ0n) is 20.8. The first-order chi connectivity index (χ1) is 19.4. The number of rotatable bonds is 5. The Labute approximate surface area is 226 Å². The Bertz CT molecular complexity index is 2070. The SMILES string of the molecule is COc1c2ccoc2cc2oc(=O)c(C(c3cccs3)c3c(O)c4c(OC)c5ccoc5cc4oc3=O)c(O)c12. The van der Waals surface area contributed by atoms with Crippen molar-refractivity contribution in [3.63, 3.8) is 0 Å². The largest absolute Gasteiger partial charge is 0.506 e. The van der Waals surface area contributed by atoms with Gasteiger partial charge in [0.05, 0.1) is 54.6 Å². The van der Waals surface area contributed by atoms with Crippen LogP contribution in [-0.4, -0.2) is 24.4 Å². The monoisotopic (exact) mass is 558 g/mol. The van der Waals surface area contributed by atoms with Gasteiger partial charge in [0.25, 0.3) is 0 Å². The van der Waals surface area contributed by atoms with Crippen LogP contribution >= 0.6 is 11.3 Å². The maximum absolute atomic E-state index is 13.5. The minimum Gasteiger partial charge on any atom is -0.506 e. The van der Waals surface area contributed by atoms with E-state index < -0.39 is 28.7 Å². The van der Waals surface area contributed by atoms with Crippen LogP contribution < -0.4 is 20.7 Å². The molecule has 200 valence electrons. The minimum atomic E-state index is -1.27. The number of fused-ring (bicyclic) bond motifs is 4. The van der Waals surface area contributed by atoms with Gasteiger partial charge >= 0.3 is 11.3 Å². The minimum absolute atomic E-state index is 0.0225. The average Bonchev–Trinajstić information content (AvgIpc) is 3.71. The molecule has 0 aliphatic rings. The Morgan fingerprint density at radius 1 is 0.750 bits per heavy atom. The van der Waals surface area contributed by atoms with E-state index in [0.717, 1.165) is 0 Å². The quantitative estimate of drug-likeness (QED) is 0.239. The van der Waals surface area contributed by atoms with E-state index in [4.69, 9.17) is 27.1 Å². The van der Waals surface area contributed by atoms with Gasteiger partial charge in [-0.1, -0.05) is 6.07 Å². The smallest absolute Gasteiger partial charge is 0.344 e. The second-order valence-corrected chi connectivity index (χ2v) is 9.96. The number of hydrogen-bond acceptors (Lipinski definition) is 11. The van der Waals surface area contributed by atoms with Crippen molar-refractivity contribution < 1.29 is 37.4 Å². The molecule has 0 spiro atoms. The third kappa shape index (κ3) is 3.21. The fraction of sp³-hybridized carbons (Fsp3) is 0.103. The molecule has 0 unspecified atom stereocenters. The summed E-state index contributed by atoms with van der Waals surface area (Å²) in [6, 6.07) is 9.65. The Morgan fingerprint density at radius 2 is 1.25 bits per heavy atom. The molecule has 0 saturated heterocycles.